The first-order valence-electron chi connectivity index (χ1n) is 7.93. The van der Waals surface area contributed by atoms with Gasteiger partial charge in [-0.3, -0.25) is 4.99 Å². The lowest BCUT2D eigenvalue weighted by atomic mass is 10.1. The SMILES string of the molecule is COc1ccccc1CSC(N)=NCCc1ccc(OC)c(OC)c1. The maximum Gasteiger partial charge on any atom is 0.160 e. The zero-order chi connectivity index (χ0) is 18.1. The van der Waals surface area contributed by atoms with E-state index >= 15 is 0 Å². The number of thioether (sulfide) groups is 1. The highest BCUT2D eigenvalue weighted by Gasteiger charge is 2.05. The van der Waals surface area contributed by atoms with Crippen molar-refractivity contribution in [1.29, 1.82) is 0 Å². The highest BCUT2D eigenvalue weighted by molar-refractivity contribution is 8.13. The van der Waals surface area contributed by atoms with Gasteiger partial charge in [-0.1, -0.05) is 36.0 Å². The number of para-hydroxylation sites is 1. The summed E-state index contributed by atoms with van der Waals surface area (Å²) in [4.78, 5) is 4.43. The van der Waals surface area contributed by atoms with Crippen molar-refractivity contribution in [1.82, 2.24) is 0 Å². The average molecular weight is 360 g/mol. The fourth-order valence-electron chi connectivity index (χ4n) is 2.35. The normalized spacial score (nSPS) is 11.2. The fourth-order valence-corrected chi connectivity index (χ4v) is 3.08. The van der Waals surface area contributed by atoms with Crippen LogP contribution in [0.25, 0.3) is 0 Å². The Bertz CT molecular complexity index is 720. The van der Waals surface area contributed by atoms with Crippen molar-refractivity contribution in [3.63, 3.8) is 0 Å². The second-order valence-electron chi connectivity index (χ2n) is 5.26. The number of rotatable bonds is 8. The minimum Gasteiger partial charge on any atom is -0.496 e. The number of aliphatic imine (C=N–C) groups is 1. The fraction of sp³-hybridized carbons (Fsp3) is 0.316. The molecule has 0 aliphatic carbocycles. The molecule has 134 valence electrons. The van der Waals surface area contributed by atoms with Crippen molar-refractivity contribution < 1.29 is 14.2 Å². The number of methoxy groups -OCH3 is 3. The van der Waals surface area contributed by atoms with Crippen molar-refractivity contribution in [3.8, 4) is 17.2 Å². The summed E-state index contributed by atoms with van der Waals surface area (Å²) < 4.78 is 15.9. The molecule has 5 nitrogen and oxygen atoms in total. The average Bonchev–Trinajstić information content (AvgIpc) is 2.66. The molecule has 0 bridgehead atoms. The van der Waals surface area contributed by atoms with Crippen molar-refractivity contribution in [2.45, 2.75) is 12.2 Å². The van der Waals surface area contributed by atoms with E-state index in [-0.39, 0.29) is 0 Å². The predicted octanol–water partition coefficient (Wildman–Crippen LogP) is 3.50. The van der Waals surface area contributed by atoms with Crippen LogP contribution >= 0.6 is 11.8 Å². The van der Waals surface area contributed by atoms with Gasteiger partial charge >= 0.3 is 0 Å². The van der Waals surface area contributed by atoms with E-state index < -0.39 is 0 Å². The second kappa shape index (κ2) is 9.84. The van der Waals surface area contributed by atoms with Gasteiger partial charge in [-0.05, 0) is 30.2 Å². The lowest BCUT2D eigenvalue weighted by Gasteiger charge is -2.09. The number of nitrogens with two attached hydrogens (primary N) is 1. The Hall–Kier alpha value is -2.34. The van der Waals surface area contributed by atoms with E-state index in [1.54, 1.807) is 21.3 Å². The number of ether oxygens (including phenoxy) is 3. The summed E-state index contributed by atoms with van der Waals surface area (Å²) in [6.07, 6.45) is 0.788. The van der Waals surface area contributed by atoms with Crippen LogP contribution in [-0.4, -0.2) is 33.0 Å². The van der Waals surface area contributed by atoms with Gasteiger partial charge in [0, 0.05) is 17.9 Å². The lowest BCUT2D eigenvalue weighted by Crippen LogP contribution is -2.08. The van der Waals surface area contributed by atoms with Crippen molar-refractivity contribution in [2.24, 2.45) is 10.7 Å². The van der Waals surface area contributed by atoms with E-state index in [1.807, 2.05) is 42.5 Å². The highest BCUT2D eigenvalue weighted by Crippen LogP contribution is 2.27. The van der Waals surface area contributed by atoms with E-state index in [0.29, 0.717) is 11.7 Å². The van der Waals surface area contributed by atoms with E-state index in [9.17, 15) is 0 Å². The predicted molar refractivity (Wildman–Crippen MR) is 104 cm³/mol. The molecule has 2 N–H and O–H groups in total. The van der Waals surface area contributed by atoms with Crippen LogP contribution in [-0.2, 0) is 12.2 Å². The summed E-state index contributed by atoms with van der Waals surface area (Å²) in [6, 6.07) is 13.8. The van der Waals surface area contributed by atoms with Crippen LogP contribution < -0.4 is 19.9 Å². The van der Waals surface area contributed by atoms with E-state index in [0.717, 1.165) is 40.5 Å². The summed E-state index contributed by atoms with van der Waals surface area (Å²) in [6.45, 7) is 0.625. The van der Waals surface area contributed by atoms with Gasteiger partial charge in [-0.15, -0.1) is 0 Å². The van der Waals surface area contributed by atoms with Crippen LogP contribution in [0.1, 0.15) is 11.1 Å². The Morgan fingerprint density at radius 3 is 2.40 bits per heavy atom. The lowest BCUT2D eigenvalue weighted by molar-refractivity contribution is 0.354. The number of benzene rings is 2. The molecule has 0 heterocycles. The Morgan fingerprint density at radius 2 is 1.68 bits per heavy atom. The van der Waals surface area contributed by atoms with Gasteiger partial charge in [0.1, 0.15) is 5.75 Å². The largest absolute Gasteiger partial charge is 0.496 e. The van der Waals surface area contributed by atoms with Gasteiger partial charge in [-0.25, -0.2) is 0 Å². The van der Waals surface area contributed by atoms with Gasteiger partial charge < -0.3 is 19.9 Å². The van der Waals surface area contributed by atoms with Crippen LogP contribution in [0.15, 0.2) is 47.5 Å². The minimum absolute atomic E-state index is 0.575. The molecule has 2 rings (SSSR count). The molecular weight excluding hydrogens is 336 g/mol. The molecule has 25 heavy (non-hydrogen) atoms. The molecule has 0 saturated carbocycles. The Balaban J connectivity index is 1.87. The zero-order valence-corrected chi connectivity index (χ0v) is 15.6. The van der Waals surface area contributed by atoms with Crippen molar-refractivity contribution >= 4 is 16.9 Å². The topological polar surface area (TPSA) is 66.1 Å². The molecule has 0 aliphatic heterocycles. The zero-order valence-electron chi connectivity index (χ0n) is 14.8. The summed E-state index contributed by atoms with van der Waals surface area (Å²) in [5.74, 6) is 3.05. The maximum absolute atomic E-state index is 6.01. The van der Waals surface area contributed by atoms with E-state index in [1.165, 1.54) is 11.8 Å². The van der Waals surface area contributed by atoms with Gasteiger partial charge in [0.15, 0.2) is 16.7 Å². The third kappa shape index (κ3) is 5.60. The van der Waals surface area contributed by atoms with Crippen LogP contribution in [0.4, 0.5) is 0 Å². The first-order valence-corrected chi connectivity index (χ1v) is 8.92. The van der Waals surface area contributed by atoms with Crippen LogP contribution in [0.5, 0.6) is 17.2 Å². The van der Waals surface area contributed by atoms with E-state index in [2.05, 4.69) is 4.99 Å². The number of hydrogen-bond donors (Lipinski definition) is 1. The molecule has 0 fully saturated rings. The van der Waals surface area contributed by atoms with Crippen molar-refractivity contribution in [2.75, 3.05) is 27.9 Å². The number of hydrogen-bond acceptors (Lipinski definition) is 5. The molecule has 0 spiro atoms. The van der Waals surface area contributed by atoms with Crippen LogP contribution in [0, 0.1) is 0 Å². The molecule has 0 atom stereocenters. The molecule has 0 aromatic heterocycles. The molecular formula is C19H24N2O3S. The third-order valence-electron chi connectivity index (χ3n) is 3.68. The first kappa shape index (κ1) is 19.0. The van der Waals surface area contributed by atoms with Gasteiger partial charge in [-0.2, -0.15) is 0 Å². The molecule has 6 heteroatoms. The van der Waals surface area contributed by atoms with Crippen LogP contribution in [0.2, 0.25) is 0 Å². The molecule has 0 unspecified atom stereocenters. The standard InChI is InChI=1S/C19H24N2O3S/c1-22-16-7-5-4-6-15(16)13-25-19(20)21-11-10-14-8-9-17(23-2)18(12-14)24-3/h4-9,12H,10-11,13H2,1-3H3,(H2,20,21). The first-order chi connectivity index (χ1) is 12.2. The van der Waals surface area contributed by atoms with Gasteiger partial charge in [0.05, 0.1) is 21.3 Å². The molecule has 0 amide bonds. The summed E-state index contributed by atoms with van der Waals surface area (Å²) in [5, 5.41) is 0.575. The van der Waals surface area contributed by atoms with Gasteiger partial charge in [0.2, 0.25) is 0 Å². The summed E-state index contributed by atoms with van der Waals surface area (Å²) >= 11 is 1.51. The molecule has 0 radical (unpaired) electrons. The Labute approximate surface area is 153 Å². The Kier molecular flexibility index (Phi) is 7.47. The summed E-state index contributed by atoms with van der Waals surface area (Å²) in [5.41, 5.74) is 8.24. The maximum atomic E-state index is 6.01. The van der Waals surface area contributed by atoms with Gasteiger partial charge in [0.25, 0.3) is 0 Å². The molecule has 0 aliphatic rings. The van der Waals surface area contributed by atoms with Crippen LogP contribution in [0.3, 0.4) is 0 Å². The number of nitrogens with zero attached hydrogens (tertiary/aromatic N) is 1. The minimum atomic E-state index is 0.575. The number of amidine groups is 1. The highest BCUT2D eigenvalue weighted by atomic mass is 32.2. The van der Waals surface area contributed by atoms with Crippen molar-refractivity contribution in [3.05, 3.63) is 53.6 Å². The smallest absolute Gasteiger partial charge is 0.160 e. The summed E-state index contributed by atoms with van der Waals surface area (Å²) in [7, 11) is 4.93. The monoisotopic (exact) mass is 360 g/mol. The van der Waals surface area contributed by atoms with E-state index in [4.69, 9.17) is 19.9 Å². The second-order valence-corrected chi connectivity index (χ2v) is 6.26. The quantitative estimate of drug-likeness (QED) is 0.576. The molecule has 2 aromatic rings. The molecule has 2 aromatic carbocycles. The third-order valence-corrected chi connectivity index (χ3v) is 4.56. The Morgan fingerprint density at radius 1 is 0.960 bits per heavy atom. The molecule has 0 saturated heterocycles.